The van der Waals surface area contributed by atoms with Crippen molar-refractivity contribution in [3.8, 4) is 11.5 Å². The van der Waals surface area contributed by atoms with E-state index >= 15 is 0 Å². The number of carbonyl (C=O) groups excluding carboxylic acids is 1. The highest BCUT2D eigenvalue weighted by Crippen LogP contribution is 2.40. The zero-order chi connectivity index (χ0) is 19.6. The summed E-state index contributed by atoms with van der Waals surface area (Å²) in [4.78, 5) is 12.8. The van der Waals surface area contributed by atoms with Crippen LogP contribution in [0.3, 0.4) is 0 Å². The number of ether oxygens (including phenoxy) is 2. The van der Waals surface area contributed by atoms with E-state index in [0.29, 0.717) is 12.8 Å². The summed E-state index contributed by atoms with van der Waals surface area (Å²) in [5.74, 6) is 0.147. The first-order valence-electron chi connectivity index (χ1n) is 9.30. The Balaban J connectivity index is 1.79. The van der Waals surface area contributed by atoms with E-state index in [1.807, 2.05) is 45.9 Å². The molecule has 0 saturated heterocycles. The lowest BCUT2D eigenvalue weighted by Gasteiger charge is -2.38. The Labute approximate surface area is 159 Å². The van der Waals surface area contributed by atoms with E-state index < -0.39 is 17.5 Å². The average molecular weight is 371 g/mol. The highest BCUT2D eigenvalue weighted by molar-refractivity contribution is 5.81. The maximum Gasteiger partial charge on any atom is 0.261 e. The van der Waals surface area contributed by atoms with Gasteiger partial charge in [-0.3, -0.25) is 4.79 Å². The van der Waals surface area contributed by atoms with E-state index in [0.717, 1.165) is 16.9 Å². The summed E-state index contributed by atoms with van der Waals surface area (Å²) in [5, 5.41) is 3.07. The number of rotatable bonds is 5. The highest BCUT2D eigenvalue weighted by Gasteiger charge is 2.35. The van der Waals surface area contributed by atoms with Crippen molar-refractivity contribution in [2.75, 3.05) is 0 Å². The number of hydrogen-bond acceptors (Lipinski definition) is 3. The van der Waals surface area contributed by atoms with Crippen LogP contribution < -0.4 is 14.8 Å². The van der Waals surface area contributed by atoms with E-state index in [4.69, 9.17) is 9.47 Å². The topological polar surface area (TPSA) is 47.6 Å². The fraction of sp³-hybridized carbons (Fsp3) is 0.409. The number of nitrogens with one attached hydrogen (secondary N) is 1. The summed E-state index contributed by atoms with van der Waals surface area (Å²) >= 11 is 0. The lowest BCUT2D eigenvalue weighted by atomic mass is 9.89. The van der Waals surface area contributed by atoms with Gasteiger partial charge in [0, 0.05) is 12.0 Å². The second kappa shape index (κ2) is 7.59. The molecule has 27 heavy (non-hydrogen) atoms. The molecule has 2 atom stereocenters. The van der Waals surface area contributed by atoms with E-state index in [-0.39, 0.29) is 17.7 Å². The average Bonchev–Trinajstić information content (AvgIpc) is 2.59. The molecule has 1 heterocycles. The van der Waals surface area contributed by atoms with Gasteiger partial charge in [0.15, 0.2) is 17.7 Å². The molecule has 1 aliphatic rings. The molecule has 0 bridgehead atoms. The van der Waals surface area contributed by atoms with E-state index in [9.17, 15) is 9.18 Å². The fourth-order valence-electron chi connectivity index (χ4n) is 3.37. The van der Waals surface area contributed by atoms with E-state index in [1.54, 1.807) is 12.1 Å². The van der Waals surface area contributed by atoms with Gasteiger partial charge in [0.05, 0.1) is 6.04 Å². The summed E-state index contributed by atoms with van der Waals surface area (Å²) in [7, 11) is 0. The lowest BCUT2D eigenvalue weighted by molar-refractivity contribution is -0.129. The number of hydrogen-bond donors (Lipinski definition) is 1. The van der Waals surface area contributed by atoms with Gasteiger partial charge in [-0.15, -0.1) is 0 Å². The quantitative estimate of drug-likeness (QED) is 0.828. The van der Waals surface area contributed by atoms with E-state index in [1.165, 1.54) is 12.1 Å². The second-order valence-corrected chi connectivity index (χ2v) is 7.61. The molecule has 1 amide bonds. The van der Waals surface area contributed by atoms with Crippen LogP contribution in [-0.2, 0) is 4.79 Å². The monoisotopic (exact) mass is 371 g/mol. The maximum atomic E-state index is 13.9. The molecule has 2 aromatic carbocycles. The molecule has 0 aromatic heterocycles. The predicted octanol–water partition coefficient (Wildman–Crippen LogP) is 4.71. The summed E-state index contributed by atoms with van der Waals surface area (Å²) in [6, 6.07) is 11.9. The largest absolute Gasteiger partial charge is 0.487 e. The Morgan fingerprint density at radius 3 is 2.78 bits per heavy atom. The summed E-state index contributed by atoms with van der Waals surface area (Å²) in [6.07, 6.45) is 0.320. The van der Waals surface area contributed by atoms with Gasteiger partial charge in [0.25, 0.3) is 5.91 Å². The van der Waals surface area contributed by atoms with Crippen LogP contribution in [0.1, 0.15) is 50.8 Å². The van der Waals surface area contributed by atoms with Crippen molar-refractivity contribution in [3.63, 3.8) is 0 Å². The predicted molar refractivity (Wildman–Crippen MR) is 102 cm³/mol. The Morgan fingerprint density at radius 1 is 1.33 bits per heavy atom. The third-order valence-corrected chi connectivity index (χ3v) is 4.71. The Hall–Kier alpha value is -2.56. The molecule has 0 saturated carbocycles. The SMILES string of the molecule is CC[C@H](Oc1ccccc1F)C(=O)N[C@H]1CC(C)(C)Oc2cc(C)ccc21. The number of carbonyl (C=O) groups is 1. The molecule has 3 rings (SSSR count). The van der Waals surface area contributed by atoms with Crippen LogP contribution in [0.4, 0.5) is 4.39 Å². The zero-order valence-corrected chi connectivity index (χ0v) is 16.2. The Bertz CT molecular complexity index is 834. The Kier molecular flexibility index (Phi) is 5.40. The lowest BCUT2D eigenvalue weighted by Crippen LogP contribution is -2.45. The van der Waals surface area contributed by atoms with Gasteiger partial charge in [0.2, 0.25) is 0 Å². The van der Waals surface area contributed by atoms with Crippen molar-refractivity contribution in [2.45, 2.75) is 58.3 Å². The minimum absolute atomic E-state index is 0.0860. The number of fused-ring (bicyclic) bond motifs is 1. The number of benzene rings is 2. The van der Waals surface area contributed by atoms with E-state index in [2.05, 4.69) is 5.32 Å². The molecule has 5 heteroatoms. The van der Waals surface area contributed by atoms with Crippen LogP contribution in [-0.4, -0.2) is 17.6 Å². The highest BCUT2D eigenvalue weighted by atomic mass is 19.1. The van der Waals surface area contributed by atoms with Crippen molar-refractivity contribution in [3.05, 3.63) is 59.4 Å². The molecule has 0 fully saturated rings. The fourth-order valence-corrected chi connectivity index (χ4v) is 3.37. The zero-order valence-electron chi connectivity index (χ0n) is 16.2. The van der Waals surface area contributed by atoms with Crippen molar-refractivity contribution in [1.29, 1.82) is 0 Å². The third kappa shape index (κ3) is 4.41. The van der Waals surface area contributed by atoms with Crippen molar-refractivity contribution >= 4 is 5.91 Å². The molecule has 0 radical (unpaired) electrons. The van der Waals surface area contributed by atoms with Crippen LogP contribution >= 0.6 is 0 Å². The van der Waals surface area contributed by atoms with Crippen LogP contribution in [0.5, 0.6) is 11.5 Å². The molecule has 2 aromatic rings. The minimum atomic E-state index is -0.762. The van der Waals surface area contributed by atoms with Crippen LogP contribution in [0.2, 0.25) is 0 Å². The molecule has 0 spiro atoms. The molecule has 144 valence electrons. The van der Waals surface area contributed by atoms with Crippen molar-refractivity contribution in [1.82, 2.24) is 5.32 Å². The third-order valence-electron chi connectivity index (χ3n) is 4.71. The summed E-state index contributed by atoms with van der Waals surface area (Å²) in [5.41, 5.74) is 1.66. The van der Waals surface area contributed by atoms with Gasteiger partial charge in [-0.1, -0.05) is 31.2 Å². The molecule has 0 unspecified atom stereocenters. The summed E-state index contributed by atoms with van der Waals surface area (Å²) < 4.78 is 25.6. The maximum absolute atomic E-state index is 13.9. The number of para-hydroxylation sites is 1. The van der Waals surface area contributed by atoms with Crippen LogP contribution in [0, 0.1) is 12.7 Å². The first-order chi connectivity index (χ1) is 12.8. The van der Waals surface area contributed by atoms with Crippen LogP contribution in [0.15, 0.2) is 42.5 Å². The normalized spacial score (nSPS) is 18.8. The van der Waals surface area contributed by atoms with Gasteiger partial charge in [-0.25, -0.2) is 4.39 Å². The smallest absolute Gasteiger partial charge is 0.261 e. The van der Waals surface area contributed by atoms with Gasteiger partial charge in [-0.2, -0.15) is 0 Å². The van der Waals surface area contributed by atoms with Crippen LogP contribution in [0.25, 0.3) is 0 Å². The number of amides is 1. The molecular weight excluding hydrogens is 345 g/mol. The summed E-state index contributed by atoms with van der Waals surface area (Å²) in [6.45, 7) is 7.86. The van der Waals surface area contributed by atoms with Gasteiger partial charge >= 0.3 is 0 Å². The van der Waals surface area contributed by atoms with Gasteiger partial charge < -0.3 is 14.8 Å². The standard InChI is InChI=1S/C22H26FNO3/c1-5-18(26-19-9-7-6-8-16(19)23)21(25)24-17-13-22(3,4)27-20-12-14(2)10-11-15(17)20/h6-12,17-18H,5,13H2,1-4H3,(H,24,25)/t17-,18-/m0/s1. The number of halogens is 1. The second-order valence-electron chi connectivity index (χ2n) is 7.61. The van der Waals surface area contributed by atoms with Crippen molar-refractivity contribution < 1.29 is 18.7 Å². The van der Waals surface area contributed by atoms with Crippen molar-refractivity contribution in [2.24, 2.45) is 0 Å². The minimum Gasteiger partial charge on any atom is -0.487 e. The first kappa shape index (κ1) is 19.2. The first-order valence-corrected chi connectivity index (χ1v) is 9.30. The van der Waals surface area contributed by atoms with Gasteiger partial charge in [0.1, 0.15) is 11.4 Å². The molecule has 1 N–H and O–H groups in total. The number of aryl methyl sites for hydroxylation is 1. The molecule has 1 aliphatic heterocycles. The Morgan fingerprint density at radius 2 is 2.07 bits per heavy atom. The van der Waals surface area contributed by atoms with Gasteiger partial charge in [-0.05, 0) is 51.0 Å². The molecule has 0 aliphatic carbocycles. The molecule has 4 nitrogen and oxygen atoms in total. The molecular formula is C22H26FNO3.